The number of nitrogen functional groups attached to an aromatic ring is 1. The molecule has 1 rings (SSSR count). The van der Waals surface area contributed by atoms with Crippen molar-refractivity contribution in [2.75, 3.05) is 31.7 Å². The maximum absolute atomic E-state index is 11.5. The molecule has 6 nitrogen and oxygen atoms in total. The van der Waals surface area contributed by atoms with Crippen LogP contribution in [0, 0.1) is 0 Å². The largest absolute Gasteiger partial charge is 0.384 e. The smallest absolute Gasteiger partial charge is 0.223 e. The number of aromatic nitrogens is 2. The van der Waals surface area contributed by atoms with Crippen LogP contribution >= 0.6 is 0 Å². The summed E-state index contributed by atoms with van der Waals surface area (Å²) in [6.07, 6.45) is 0.418. The number of hydrogen-bond donors (Lipinski definition) is 2. The van der Waals surface area contributed by atoms with Crippen LogP contribution in [0.1, 0.15) is 33.0 Å². The van der Waals surface area contributed by atoms with E-state index in [2.05, 4.69) is 15.3 Å². The van der Waals surface area contributed by atoms with E-state index < -0.39 is 0 Å². The van der Waals surface area contributed by atoms with Gasteiger partial charge in [-0.1, -0.05) is 20.8 Å². The first-order chi connectivity index (χ1) is 8.70. The Kier molecular flexibility index (Phi) is 4.69. The first-order valence-corrected chi connectivity index (χ1v) is 6.29. The van der Waals surface area contributed by atoms with Crippen LogP contribution in [0.15, 0.2) is 6.07 Å². The number of amides is 1. The number of carbonyl (C=O) groups is 1. The highest BCUT2D eigenvalue weighted by Crippen LogP contribution is 2.21. The molecule has 3 N–H and O–H groups in total. The van der Waals surface area contributed by atoms with Gasteiger partial charge in [0.2, 0.25) is 5.91 Å². The number of nitrogens with zero attached hydrogens (tertiary/aromatic N) is 3. The summed E-state index contributed by atoms with van der Waals surface area (Å²) in [6.45, 7) is 6.61. The van der Waals surface area contributed by atoms with Crippen LogP contribution in [0.4, 0.5) is 11.6 Å². The predicted molar refractivity (Wildman–Crippen MR) is 76.9 cm³/mol. The maximum Gasteiger partial charge on any atom is 0.223 e. The van der Waals surface area contributed by atoms with E-state index in [4.69, 9.17) is 5.73 Å². The molecular weight excluding hydrogens is 242 g/mol. The fourth-order valence-electron chi connectivity index (χ4n) is 1.41. The Morgan fingerprint density at radius 3 is 2.53 bits per heavy atom. The third-order valence-electron chi connectivity index (χ3n) is 2.56. The number of rotatable bonds is 4. The van der Waals surface area contributed by atoms with Crippen LogP contribution in [0.5, 0.6) is 0 Å². The first-order valence-electron chi connectivity index (χ1n) is 6.29. The number of hydrogen-bond acceptors (Lipinski definition) is 5. The van der Waals surface area contributed by atoms with Gasteiger partial charge in [0.1, 0.15) is 17.5 Å². The topological polar surface area (TPSA) is 84.1 Å². The Bertz CT molecular complexity index is 451. The highest BCUT2D eigenvalue weighted by Gasteiger charge is 2.18. The van der Waals surface area contributed by atoms with Gasteiger partial charge in [-0.05, 0) is 0 Å². The summed E-state index contributed by atoms with van der Waals surface area (Å²) in [6, 6.07) is 1.68. The zero-order valence-electron chi connectivity index (χ0n) is 12.3. The molecule has 0 atom stereocenters. The maximum atomic E-state index is 11.5. The van der Waals surface area contributed by atoms with Crippen molar-refractivity contribution in [3.63, 3.8) is 0 Å². The summed E-state index contributed by atoms with van der Waals surface area (Å²) in [7, 11) is 3.48. The summed E-state index contributed by atoms with van der Waals surface area (Å²) in [5, 5.41) is 3.11. The molecule has 1 aromatic rings. The van der Waals surface area contributed by atoms with Crippen LogP contribution in [0.25, 0.3) is 0 Å². The molecule has 0 saturated heterocycles. The molecule has 0 aliphatic heterocycles. The molecule has 106 valence electrons. The van der Waals surface area contributed by atoms with Gasteiger partial charge in [0.15, 0.2) is 0 Å². The van der Waals surface area contributed by atoms with Crippen molar-refractivity contribution in [3.05, 3.63) is 11.9 Å². The lowest BCUT2D eigenvalue weighted by molar-refractivity contribution is -0.128. The minimum atomic E-state index is -0.161. The number of carbonyl (C=O) groups excluding carboxylic acids is 1. The Labute approximate surface area is 114 Å². The molecule has 0 aromatic carbocycles. The van der Waals surface area contributed by atoms with Gasteiger partial charge in [0, 0.05) is 38.5 Å². The van der Waals surface area contributed by atoms with E-state index >= 15 is 0 Å². The highest BCUT2D eigenvalue weighted by molar-refractivity contribution is 5.76. The molecule has 0 bridgehead atoms. The summed E-state index contributed by atoms with van der Waals surface area (Å²) < 4.78 is 0. The zero-order chi connectivity index (χ0) is 14.6. The van der Waals surface area contributed by atoms with E-state index in [1.54, 1.807) is 25.1 Å². The molecule has 1 amide bonds. The van der Waals surface area contributed by atoms with E-state index in [0.29, 0.717) is 30.4 Å². The van der Waals surface area contributed by atoms with Crippen molar-refractivity contribution in [2.45, 2.75) is 32.6 Å². The fraction of sp³-hybridized carbons (Fsp3) is 0.615. The number of anilines is 2. The van der Waals surface area contributed by atoms with Crippen molar-refractivity contribution in [3.8, 4) is 0 Å². The number of nitrogens with two attached hydrogens (primary N) is 1. The minimum absolute atomic E-state index is 0.0746. The fourth-order valence-corrected chi connectivity index (χ4v) is 1.41. The zero-order valence-corrected chi connectivity index (χ0v) is 12.3. The minimum Gasteiger partial charge on any atom is -0.384 e. The average Bonchev–Trinajstić information content (AvgIpc) is 2.26. The second kappa shape index (κ2) is 5.86. The Morgan fingerprint density at radius 1 is 1.37 bits per heavy atom. The van der Waals surface area contributed by atoms with E-state index in [1.807, 2.05) is 20.8 Å². The molecular formula is C13H23N5O. The lowest BCUT2D eigenvalue weighted by Crippen LogP contribution is -2.24. The molecule has 6 heteroatoms. The standard InChI is InChI=1S/C13H23N5O/c1-13(2,3)12-16-9(14)8-10(17-12)15-7-6-11(19)18(4)5/h8H,6-7H2,1-5H3,(H3,14,15,16,17). The van der Waals surface area contributed by atoms with Crippen molar-refractivity contribution >= 4 is 17.5 Å². The monoisotopic (exact) mass is 265 g/mol. The van der Waals surface area contributed by atoms with E-state index in [1.165, 1.54) is 0 Å². The molecule has 0 aliphatic carbocycles. The van der Waals surface area contributed by atoms with E-state index in [0.717, 1.165) is 0 Å². The first kappa shape index (κ1) is 15.2. The van der Waals surface area contributed by atoms with Crippen LogP contribution in [-0.4, -0.2) is 41.4 Å². The molecule has 1 aromatic heterocycles. The second-order valence-corrected chi connectivity index (χ2v) is 5.72. The van der Waals surface area contributed by atoms with Gasteiger partial charge < -0.3 is 16.0 Å². The quantitative estimate of drug-likeness (QED) is 0.856. The Hall–Kier alpha value is -1.85. The van der Waals surface area contributed by atoms with Crippen molar-refractivity contribution in [2.24, 2.45) is 0 Å². The second-order valence-electron chi connectivity index (χ2n) is 5.72. The van der Waals surface area contributed by atoms with Crippen LogP contribution in [0.3, 0.4) is 0 Å². The molecule has 0 aliphatic rings. The Morgan fingerprint density at radius 2 is 2.00 bits per heavy atom. The SMILES string of the molecule is CN(C)C(=O)CCNc1cc(N)nc(C(C)(C)C)n1. The third-order valence-corrected chi connectivity index (χ3v) is 2.56. The lowest BCUT2D eigenvalue weighted by atomic mass is 9.96. The van der Waals surface area contributed by atoms with Gasteiger partial charge in [-0.15, -0.1) is 0 Å². The van der Waals surface area contributed by atoms with Gasteiger partial charge in [-0.2, -0.15) is 0 Å². The van der Waals surface area contributed by atoms with Crippen LogP contribution < -0.4 is 11.1 Å². The van der Waals surface area contributed by atoms with Crippen LogP contribution in [-0.2, 0) is 10.2 Å². The molecule has 0 radical (unpaired) electrons. The normalized spacial score (nSPS) is 11.2. The Balaban J connectivity index is 2.69. The van der Waals surface area contributed by atoms with Gasteiger partial charge >= 0.3 is 0 Å². The lowest BCUT2D eigenvalue weighted by Gasteiger charge is -2.18. The van der Waals surface area contributed by atoms with E-state index in [9.17, 15) is 4.79 Å². The van der Waals surface area contributed by atoms with Crippen molar-refractivity contribution in [1.29, 1.82) is 0 Å². The molecule has 0 saturated carbocycles. The predicted octanol–water partition coefficient (Wildman–Crippen LogP) is 1.25. The summed E-state index contributed by atoms with van der Waals surface area (Å²) >= 11 is 0. The van der Waals surface area contributed by atoms with Gasteiger partial charge in [0.05, 0.1) is 0 Å². The van der Waals surface area contributed by atoms with Gasteiger partial charge in [-0.25, -0.2) is 9.97 Å². The number of nitrogens with one attached hydrogen (secondary N) is 1. The molecule has 19 heavy (non-hydrogen) atoms. The van der Waals surface area contributed by atoms with E-state index in [-0.39, 0.29) is 11.3 Å². The third kappa shape index (κ3) is 4.73. The van der Waals surface area contributed by atoms with Crippen molar-refractivity contribution < 1.29 is 4.79 Å². The summed E-state index contributed by atoms with van der Waals surface area (Å²) in [4.78, 5) is 21.7. The molecule has 1 heterocycles. The molecule has 0 spiro atoms. The van der Waals surface area contributed by atoms with Gasteiger partial charge in [-0.3, -0.25) is 4.79 Å². The van der Waals surface area contributed by atoms with Crippen LogP contribution in [0.2, 0.25) is 0 Å². The summed E-state index contributed by atoms with van der Waals surface area (Å²) in [5.41, 5.74) is 5.61. The average molecular weight is 265 g/mol. The van der Waals surface area contributed by atoms with Gasteiger partial charge in [0.25, 0.3) is 0 Å². The molecule has 0 fully saturated rings. The molecule has 0 unspecified atom stereocenters. The van der Waals surface area contributed by atoms with Crippen molar-refractivity contribution in [1.82, 2.24) is 14.9 Å². The highest BCUT2D eigenvalue weighted by atomic mass is 16.2. The summed E-state index contributed by atoms with van der Waals surface area (Å²) in [5.74, 6) is 1.85.